The zero-order valence-corrected chi connectivity index (χ0v) is 21.3. The lowest BCUT2D eigenvalue weighted by Gasteiger charge is -2.41. The Morgan fingerprint density at radius 3 is 2.62 bits per heavy atom. The molecule has 3 heterocycles. The molecule has 37 heavy (non-hydrogen) atoms. The van der Waals surface area contributed by atoms with E-state index in [4.69, 9.17) is 9.47 Å². The van der Waals surface area contributed by atoms with Gasteiger partial charge in [0.15, 0.2) is 0 Å². The molecule has 5 rings (SSSR count). The number of benzene rings is 2. The SMILES string of the molecule is COCCN1C(=O)c2ccccc2C(C(=O)Nc2ccc(Oc3cncc(C)n3)cc2)C1c1cccs1. The van der Waals surface area contributed by atoms with Crippen molar-refractivity contribution in [3.63, 3.8) is 0 Å². The number of nitrogens with zero attached hydrogens (tertiary/aromatic N) is 3. The topological polar surface area (TPSA) is 93.7 Å². The number of hydrogen-bond donors (Lipinski definition) is 1. The van der Waals surface area contributed by atoms with Crippen LogP contribution in [0, 0.1) is 6.92 Å². The molecule has 0 saturated carbocycles. The van der Waals surface area contributed by atoms with Gasteiger partial charge in [0.1, 0.15) is 5.75 Å². The van der Waals surface area contributed by atoms with Crippen molar-refractivity contribution in [2.24, 2.45) is 0 Å². The maximum Gasteiger partial charge on any atom is 0.254 e. The normalized spacial score (nSPS) is 16.8. The molecule has 0 fully saturated rings. The summed E-state index contributed by atoms with van der Waals surface area (Å²) in [5, 5.41) is 5.01. The van der Waals surface area contributed by atoms with Crippen LogP contribution in [-0.2, 0) is 9.53 Å². The predicted molar refractivity (Wildman–Crippen MR) is 141 cm³/mol. The number of nitrogens with one attached hydrogen (secondary N) is 1. The van der Waals surface area contributed by atoms with E-state index in [-0.39, 0.29) is 11.8 Å². The molecule has 0 radical (unpaired) electrons. The van der Waals surface area contributed by atoms with Gasteiger partial charge in [0, 0.05) is 36.0 Å². The summed E-state index contributed by atoms with van der Waals surface area (Å²) < 4.78 is 11.1. The molecule has 9 heteroatoms. The van der Waals surface area contributed by atoms with Gasteiger partial charge in [-0.3, -0.25) is 14.6 Å². The largest absolute Gasteiger partial charge is 0.437 e. The summed E-state index contributed by atoms with van der Waals surface area (Å²) in [6.45, 7) is 2.59. The van der Waals surface area contributed by atoms with E-state index >= 15 is 0 Å². The number of aryl methyl sites for hydroxylation is 1. The standard InChI is InChI=1S/C28H26N4O4S/c1-18-16-29-17-24(30-18)36-20-11-9-19(10-12-20)31-27(33)25-21-6-3-4-7-22(21)28(34)32(13-14-35-2)26(25)23-8-5-15-37-23/h3-12,15-17,25-26H,13-14H2,1-2H3,(H,31,33). The molecule has 2 amide bonds. The Bertz CT molecular complexity index is 1390. The van der Waals surface area contributed by atoms with Crippen molar-refractivity contribution in [1.82, 2.24) is 14.9 Å². The van der Waals surface area contributed by atoms with Crippen molar-refractivity contribution in [2.75, 3.05) is 25.6 Å². The number of amides is 2. The maximum atomic E-state index is 13.9. The van der Waals surface area contributed by atoms with E-state index in [0.717, 1.165) is 16.1 Å². The molecule has 2 unspecified atom stereocenters. The third-order valence-corrected chi connectivity index (χ3v) is 7.11. The number of methoxy groups -OCH3 is 1. The predicted octanol–water partition coefficient (Wildman–Crippen LogP) is 5.20. The van der Waals surface area contributed by atoms with Crippen LogP contribution in [0.4, 0.5) is 5.69 Å². The van der Waals surface area contributed by atoms with Crippen molar-refractivity contribution >= 4 is 28.8 Å². The van der Waals surface area contributed by atoms with Crippen molar-refractivity contribution in [3.8, 4) is 11.6 Å². The van der Waals surface area contributed by atoms with Crippen molar-refractivity contribution in [1.29, 1.82) is 0 Å². The molecule has 8 nitrogen and oxygen atoms in total. The van der Waals surface area contributed by atoms with Gasteiger partial charge < -0.3 is 19.7 Å². The molecule has 2 aromatic carbocycles. The minimum Gasteiger partial charge on any atom is -0.437 e. The minimum atomic E-state index is -0.595. The summed E-state index contributed by atoms with van der Waals surface area (Å²) in [4.78, 5) is 38.4. The molecule has 1 aliphatic rings. The van der Waals surface area contributed by atoms with Crippen LogP contribution in [-0.4, -0.2) is 46.9 Å². The van der Waals surface area contributed by atoms with Gasteiger partial charge >= 0.3 is 0 Å². The number of anilines is 1. The molecule has 1 N–H and O–H groups in total. The first-order valence-electron chi connectivity index (χ1n) is 11.8. The van der Waals surface area contributed by atoms with Gasteiger partial charge in [-0.15, -0.1) is 11.3 Å². The lowest BCUT2D eigenvalue weighted by Crippen LogP contribution is -2.47. The number of hydrogen-bond acceptors (Lipinski definition) is 7. The number of fused-ring (bicyclic) bond motifs is 1. The fourth-order valence-corrected chi connectivity index (χ4v) is 5.40. The second-order valence-electron chi connectivity index (χ2n) is 8.63. The minimum absolute atomic E-state index is 0.101. The number of rotatable bonds is 8. The number of aromatic nitrogens is 2. The zero-order valence-electron chi connectivity index (χ0n) is 20.5. The highest BCUT2D eigenvalue weighted by atomic mass is 32.1. The zero-order chi connectivity index (χ0) is 25.8. The van der Waals surface area contributed by atoms with Gasteiger partial charge in [0.05, 0.1) is 30.5 Å². The van der Waals surface area contributed by atoms with Crippen LogP contribution < -0.4 is 10.1 Å². The fourth-order valence-electron chi connectivity index (χ4n) is 4.52. The Morgan fingerprint density at radius 1 is 1.08 bits per heavy atom. The summed E-state index contributed by atoms with van der Waals surface area (Å²) in [7, 11) is 1.60. The summed E-state index contributed by atoms with van der Waals surface area (Å²) in [6.07, 6.45) is 3.20. The smallest absolute Gasteiger partial charge is 0.254 e. The first-order chi connectivity index (χ1) is 18.0. The molecule has 0 bridgehead atoms. The lowest BCUT2D eigenvalue weighted by molar-refractivity contribution is -0.119. The number of thiophene rings is 1. The highest BCUT2D eigenvalue weighted by Gasteiger charge is 2.44. The van der Waals surface area contributed by atoms with E-state index in [1.54, 1.807) is 54.7 Å². The van der Waals surface area contributed by atoms with Crippen LogP contribution in [0.3, 0.4) is 0 Å². The number of carbonyl (C=O) groups excluding carboxylic acids is 2. The van der Waals surface area contributed by atoms with E-state index in [1.165, 1.54) is 11.3 Å². The molecule has 4 aromatic rings. The van der Waals surface area contributed by atoms with Crippen LogP contribution in [0.1, 0.15) is 38.5 Å². The van der Waals surface area contributed by atoms with Crippen LogP contribution in [0.5, 0.6) is 11.6 Å². The van der Waals surface area contributed by atoms with E-state index in [2.05, 4.69) is 15.3 Å². The molecule has 0 aliphatic carbocycles. The summed E-state index contributed by atoms with van der Waals surface area (Å²) in [5.41, 5.74) is 2.63. The van der Waals surface area contributed by atoms with Crippen LogP contribution >= 0.6 is 11.3 Å². The fraction of sp³-hybridized carbons (Fsp3) is 0.214. The Kier molecular flexibility index (Phi) is 7.25. The molecule has 0 saturated heterocycles. The van der Waals surface area contributed by atoms with E-state index < -0.39 is 12.0 Å². The highest BCUT2D eigenvalue weighted by Crippen LogP contribution is 2.44. The summed E-state index contributed by atoms with van der Waals surface area (Å²) in [6, 6.07) is 17.9. The second kappa shape index (κ2) is 10.9. The van der Waals surface area contributed by atoms with Gasteiger partial charge in [-0.05, 0) is 54.3 Å². The highest BCUT2D eigenvalue weighted by molar-refractivity contribution is 7.10. The monoisotopic (exact) mass is 514 g/mol. The Morgan fingerprint density at radius 2 is 1.89 bits per heavy atom. The first kappa shape index (κ1) is 24.6. The Labute approximate surface area is 218 Å². The average Bonchev–Trinajstić information content (AvgIpc) is 3.44. The van der Waals surface area contributed by atoms with Gasteiger partial charge in [-0.2, -0.15) is 0 Å². The Hall–Kier alpha value is -4.08. The number of ether oxygens (including phenoxy) is 2. The molecular weight excluding hydrogens is 488 g/mol. The van der Waals surface area contributed by atoms with Gasteiger partial charge in [-0.1, -0.05) is 24.3 Å². The third kappa shape index (κ3) is 5.23. The van der Waals surface area contributed by atoms with Crippen LogP contribution in [0.25, 0.3) is 0 Å². The molecule has 2 atom stereocenters. The van der Waals surface area contributed by atoms with Crippen molar-refractivity contribution in [2.45, 2.75) is 18.9 Å². The maximum absolute atomic E-state index is 13.9. The van der Waals surface area contributed by atoms with Gasteiger partial charge in [0.2, 0.25) is 11.8 Å². The third-order valence-electron chi connectivity index (χ3n) is 6.17. The second-order valence-corrected chi connectivity index (χ2v) is 9.61. The molecule has 1 aliphatic heterocycles. The van der Waals surface area contributed by atoms with E-state index in [1.807, 2.05) is 42.6 Å². The lowest BCUT2D eigenvalue weighted by atomic mass is 9.81. The van der Waals surface area contributed by atoms with E-state index in [0.29, 0.717) is 36.0 Å². The van der Waals surface area contributed by atoms with Crippen molar-refractivity contribution in [3.05, 3.63) is 100 Å². The van der Waals surface area contributed by atoms with E-state index in [9.17, 15) is 9.59 Å². The number of carbonyl (C=O) groups is 2. The Balaban J connectivity index is 1.43. The van der Waals surface area contributed by atoms with Crippen LogP contribution in [0.2, 0.25) is 0 Å². The molecule has 188 valence electrons. The van der Waals surface area contributed by atoms with Gasteiger partial charge in [-0.25, -0.2) is 4.98 Å². The molecular formula is C28H26N4O4S. The van der Waals surface area contributed by atoms with Crippen LogP contribution in [0.15, 0.2) is 78.4 Å². The summed E-state index contributed by atoms with van der Waals surface area (Å²) >= 11 is 1.53. The quantitative estimate of drug-likeness (QED) is 0.347. The van der Waals surface area contributed by atoms with Gasteiger partial charge in [0.25, 0.3) is 5.91 Å². The van der Waals surface area contributed by atoms with Crippen molar-refractivity contribution < 1.29 is 19.1 Å². The molecule has 2 aromatic heterocycles. The average molecular weight is 515 g/mol. The molecule has 0 spiro atoms. The first-order valence-corrected chi connectivity index (χ1v) is 12.7. The summed E-state index contributed by atoms with van der Waals surface area (Å²) in [5.74, 6) is 0.0849.